The SMILES string of the molecule is C=CC[n+]1ccccn1. The molecule has 1 heterocycles. The zero-order valence-electron chi connectivity index (χ0n) is 5.20. The minimum Gasteiger partial charge on any atom is -0.0968 e. The summed E-state index contributed by atoms with van der Waals surface area (Å²) < 4.78 is 1.81. The highest BCUT2D eigenvalue weighted by molar-refractivity contribution is 4.77. The Kier molecular flexibility index (Phi) is 1.96. The first-order valence-electron chi connectivity index (χ1n) is 2.85. The van der Waals surface area contributed by atoms with Crippen LogP contribution in [0.2, 0.25) is 0 Å². The van der Waals surface area contributed by atoms with Crippen molar-refractivity contribution in [2.24, 2.45) is 0 Å². The van der Waals surface area contributed by atoms with Gasteiger partial charge in [0.05, 0.1) is 6.20 Å². The van der Waals surface area contributed by atoms with Gasteiger partial charge in [-0.2, -0.15) is 0 Å². The summed E-state index contributed by atoms with van der Waals surface area (Å²) >= 11 is 0. The summed E-state index contributed by atoms with van der Waals surface area (Å²) in [7, 11) is 0. The van der Waals surface area contributed by atoms with E-state index >= 15 is 0 Å². The zero-order chi connectivity index (χ0) is 6.53. The number of allylic oxidation sites excluding steroid dienone is 1. The highest BCUT2D eigenvalue weighted by Gasteiger charge is 1.90. The maximum atomic E-state index is 4.01. The molecule has 0 aromatic carbocycles. The Bertz CT molecular complexity index is 181. The second-order valence-corrected chi connectivity index (χ2v) is 1.71. The normalized spacial score (nSPS) is 8.89. The summed E-state index contributed by atoms with van der Waals surface area (Å²) in [5, 5.41) is 4.01. The Morgan fingerprint density at radius 2 is 2.44 bits per heavy atom. The van der Waals surface area contributed by atoms with E-state index in [9.17, 15) is 0 Å². The van der Waals surface area contributed by atoms with E-state index in [1.54, 1.807) is 6.20 Å². The molecule has 0 bridgehead atoms. The molecule has 46 valence electrons. The molecule has 0 atom stereocenters. The van der Waals surface area contributed by atoms with Crippen molar-refractivity contribution in [1.29, 1.82) is 0 Å². The van der Waals surface area contributed by atoms with E-state index in [4.69, 9.17) is 0 Å². The Balaban J connectivity index is 2.72. The maximum absolute atomic E-state index is 4.01. The predicted molar refractivity (Wildman–Crippen MR) is 34.6 cm³/mol. The number of nitrogens with zero attached hydrogens (tertiary/aromatic N) is 2. The van der Waals surface area contributed by atoms with Gasteiger partial charge >= 0.3 is 0 Å². The van der Waals surface area contributed by atoms with Crippen LogP contribution >= 0.6 is 0 Å². The molecule has 0 aliphatic carbocycles. The highest BCUT2D eigenvalue weighted by Crippen LogP contribution is 1.71. The molecule has 0 spiro atoms. The summed E-state index contributed by atoms with van der Waals surface area (Å²) in [6.45, 7) is 4.37. The lowest BCUT2D eigenvalue weighted by Crippen LogP contribution is -2.35. The van der Waals surface area contributed by atoms with Crippen molar-refractivity contribution in [3.63, 3.8) is 0 Å². The zero-order valence-corrected chi connectivity index (χ0v) is 5.20. The first kappa shape index (κ1) is 5.95. The van der Waals surface area contributed by atoms with Gasteiger partial charge in [-0.05, 0) is 17.2 Å². The molecule has 0 amide bonds. The largest absolute Gasteiger partial charge is 0.196 e. The van der Waals surface area contributed by atoms with Gasteiger partial charge < -0.3 is 0 Å². The molecule has 0 aliphatic rings. The lowest BCUT2D eigenvalue weighted by atomic mass is 10.5. The van der Waals surface area contributed by atoms with Gasteiger partial charge in [0, 0.05) is 6.07 Å². The summed E-state index contributed by atoms with van der Waals surface area (Å²) in [6, 6.07) is 3.83. The maximum Gasteiger partial charge on any atom is 0.196 e. The monoisotopic (exact) mass is 121 g/mol. The van der Waals surface area contributed by atoms with Crippen molar-refractivity contribution in [1.82, 2.24) is 5.10 Å². The van der Waals surface area contributed by atoms with E-state index < -0.39 is 0 Å². The molecule has 0 saturated carbocycles. The fraction of sp³-hybridized carbons (Fsp3) is 0.143. The van der Waals surface area contributed by atoms with Crippen LogP contribution in [0.4, 0.5) is 0 Å². The Morgan fingerprint density at radius 1 is 1.56 bits per heavy atom. The van der Waals surface area contributed by atoms with Crippen molar-refractivity contribution in [3.05, 3.63) is 37.2 Å². The lowest BCUT2D eigenvalue weighted by molar-refractivity contribution is -0.745. The molecule has 0 saturated heterocycles. The molecular formula is C7H9N2+. The summed E-state index contributed by atoms with van der Waals surface area (Å²) in [6.07, 6.45) is 5.47. The van der Waals surface area contributed by atoms with Gasteiger partial charge in [0.2, 0.25) is 0 Å². The molecule has 2 heteroatoms. The van der Waals surface area contributed by atoms with E-state index in [0.717, 1.165) is 6.54 Å². The van der Waals surface area contributed by atoms with Crippen molar-refractivity contribution in [2.75, 3.05) is 0 Å². The molecule has 0 unspecified atom stereocenters. The Morgan fingerprint density at radius 3 is 3.00 bits per heavy atom. The number of hydrogen-bond acceptors (Lipinski definition) is 1. The fourth-order valence-corrected chi connectivity index (χ4v) is 0.602. The van der Waals surface area contributed by atoms with E-state index in [1.807, 2.05) is 29.1 Å². The van der Waals surface area contributed by atoms with Gasteiger partial charge in [-0.1, -0.05) is 11.3 Å². The van der Waals surface area contributed by atoms with Gasteiger partial charge in [-0.3, -0.25) is 0 Å². The van der Waals surface area contributed by atoms with Crippen LogP contribution in [0.1, 0.15) is 0 Å². The third-order valence-corrected chi connectivity index (χ3v) is 0.986. The Hall–Kier alpha value is -1.18. The van der Waals surface area contributed by atoms with E-state index in [2.05, 4.69) is 11.7 Å². The molecule has 0 N–H and O–H groups in total. The van der Waals surface area contributed by atoms with Crippen LogP contribution in [0.25, 0.3) is 0 Å². The molecular weight excluding hydrogens is 112 g/mol. The molecule has 0 aliphatic heterocycles. The molecule has 2 nitrogen and oxygen atoms in total. The van der Waals surface area contributed by atoms with E-state index in [-0.39, 0.29) is 0 Å². The van der Waals surface area contributed by atoms with Gasteiger partial charge in [0.25, 0.3) is 0 Å². The molecule has 9 heavy (non-hydrogen) atoms. The lowest BCUT2D eigenvalue weighted by Gasteiger charge is -1.83. The molecule has 1 rings (SSSR count). The number of aromatic nitrogens is 2. The molecule has 0 radical (unpaired) electrons. The Labute approximate surface area is 54.5 Å². The predicted octanol–water partition coefficient (Wildman–Crippen LogP) is 0.555. The first-order chi connectivity index (χ1) is 4.43. The van der Waals surface area contributed by atoms with E-state index in [1.165, 1.54) is 0 Å². The number of hydrogen-bond donors (Lipinski definition) is 0. The smallest absolute Gasteiger partial charge is 0.0968 e. The van der Waals surface area contributed by atoms with Crippen LogP contribution in [-0.2, 0) is 6.54 Å². The second kappa shape index (κ2) is 2.97. The van der Waals surface area contributed by atoms with Crippen LogP contribution in [0, 0.1) is 0 Å². The van der Waals surface area contributed by atoms with Crippen LogP contribution in [0.15, 0.2) is 37.2 Å². The summed E-state index contributed by atoms with van der Waals surface area (Å²) in [4.78, 5) is 0. The first-order valence-corrected chi connectivity index (χ1v) is 2.85. The average molecular weight is 121 g/mol. The molecule has 0 fully saturated rings. The standard InChI is InChI=1S/C7H9N2/c1-2-6-9-7-4-3-5-8-9/h2-5,7H,1,6H2/q+1. The van der Waals surface area contributed by atoms with Crippen molar-refractivity contribution in [3.8, 4) is 0 Å². The topological polar surface area (TPSA) is 16.8 Å². The van der Waals surface area contributed by atoms with Crippen LogP contribution in [0.5, 0.6) is 0 Å². The highest BCUT2D eigenvalue weighted by atomic mass is 15.2. The summed E-state index contributed by atoms with van der Waals surface area (Å²) in [5.74, 6) is 0. The average Bonchev–Trinajstić information content (AvgIpc) is 1.91. The quantitative estimate of drug-likeness (QED) is 0.412. The van der Waals surface area contributed by atoms with Crippen LogP contribution in [0.3, 0.4) is 0 Å². The van der Waals surface area contributed by atoms with Crippen molar-refractivity contribution in [2.45, 2.75) is 6.54 Å². The minimum atomic E-state index is 0.779. The third kappa shape index (κ3) is 1.64. The van der Waals surface area contributed by atoms with Crippen molar-refractivity contribution < 1.29 is 4.68 Å². The van der Waals surface area contributed by atoms with Gasteiger partial charge in [0.1, 0.15) is 0 Å². The van der Waals surface area contributed by atoms with Gasteiger partial charge in [-0.15, -0.1) is 0 Å². The van der Waals surface area contributed by atoms with Gasteiger partial charge in [-0.25, -0.2) is 0 Å². The molecule has 1 aromatic rings. The third-order valence-electron chi connectivity index (χ3n) is 0.986. The number of rotatable bonds is 2. The summed E-state index contributed by atoms with van der Waals surface area (Å²) in [5.41, 5.74) is 0. The van der Waals surface area contributed by atoms with Gasteiger partial charge in [0.15, 0.2) is 12.7 Å². The molecule has 1 aromatic heterocycles. The fourth-order valence-electron chi connectivity index (χ4n) is 0.602. The van der Waals surface area contributed by atoms with Crippen molar-refractivity contribution >= 4 is 0 Å². The second-order valence-electron chi connectivity index (χ2n) is 1.71. The minimum absolute atomic E-state index is 0.779. The van der Waals surface area contributed by atoms with Crippen LogP contribution in [-0.4, -0.2) is 5.10 Å². The van der Waals surface area contributed by atoms with Crippen LogP contribution < -0.4 is 4.68 Å². The van der Waals surface area contributed by atoms with E-state index in [0.29, 0.717) is 0 Å².